The first kappa shape index (κ1) is 39.6. The molecule has 0 saturated heterocycles. The number of fused-ring (bicyclic) bond motifs is 3. The Labute approximate surface area is 206 Å². The molecular weight excluding hydrogens is 487 g/mol. The van der Waals surface area contributed by atoms with Crippen LogP contribution in [0.1, 0.15) is 18.1 Å². The van der Waals surface area contributed by atoms with E-state index in [1.165, 1.54) is 22.3 Å². The van der Waals surface area contributed by atoms with Crippen LogP contribution in [0.4, 0.5) is 0 Å². The molecule has 2 aromatic rings. The Morgan fingerprint density at radius 3 is 1.90 bits per heavy atom. The van der Waals surface area contributed by atoms with Crippen LogP contribution in [-0.4, -0.2) is 30.3 Å². The Morgan fingerprint density at radius 1 is 1.07 bits per heavy atom. The van der Waals surface area contributed by atoms with Gasteiger partial charge in [-0.15, -0.1) is 30.4 Å². The Bertz CT molecular complexity index is 611. The van der Waals surface area contributed by atoms with Crippen molar-refractivity contribution in [2.45, 2.75) is 46.1 Å². The molecule has 2 aromatic carbocycles. The maximum Gasteiger partial charge on any atom is -0.0253 e. The summed E-state index contributed by atoms with van der Waals surface area (Å²) in [6.07, 6.45) is 1.05. The van der Waals surface area contributed by atoms with Crippen LogP contribution in [0.25, 0.3) is 11.1 Å². The quantitative estimate of drug-likeness (QED) is 0.312. The molecule has 2 nitrogen and oxygen atoms in total. The van der Waals surface area contributed by atoms with Gasteiger partial charge in [0.05, 0.1) is 0 Å². The molecule has 1 N–H and O–H groups in total. The largest absolute Gasteiger partial charge is 0.179 e. The molecule has 3 rings (SSSR count). The summed E-state index contributed by atoms with van der Waals surface area (Å²) in [5.74, 6) is 0. The zero-order valence-corrected chi connectivity index (χ0v) is 25.7. The topological polar surface area (TPSA) is 37.3 Å². The van der Waals surface area contributed by atoms with Crippen molar-refractivity contribution in [2.24, 2.45) is 0 Å². The van der Waals surface area contributed by atoms with E-state index in [4.69, 9.17) is 8.12 Å². The van der Waals surface area contributed by atoms with E-state index in [0.717, 1.165) is 15.9 Å². The molecule has 0 bridgehead atoms. The minimum Gasteiger partial charge on any atom is -0.179 e. The van der Waals surface area contributed by atoms with Crippen molar-refractivity contribution in [1.82, 2.24) is 0 Å². The van der Waals surface area contributed by atoms with Gasteiger partial charge in [0.15, 0.2) is 8.32 Å². The molecule has 1 aliphatic rings. The second-order valence-electron chi connectivity index (χ2n) is 6.29. The minimum absolute atomic E-state index is 0. The van der Waals surface area contributed by atoms with Gasteiger partial charge < -0.3 is 19.1 Å². The van der Waals surface area contributed by atoms with E-state index in [1.807, 2.05) is 25.7 Å². The maximum absolute atomic E-state index is 9.07. The van der Waals surface area contributed by atoms with Crippen molar-refractivity contribution < 1.29 is 26.0 Å². The first-order valence-electron chi connectivity index (χ1n) is 8.67. The Kier molecular flexibility index (Phi) is 33.3. The van der Waals surface area contributed by atoms with Gasteiger partial charge in [0, 0.05) is 9.52 Å². The third-order valence-electron chi connectivity index (χ3n) is 2.62. The van der Waals surface area contributed by atoms with Crippen LogP contribution in [0.5, 0.6) is 0 Å². The molecule has 1 aliphatic carbocycles. The van der Waals surface area contributed by atoms with E-state index < -0.39 is 26.2 Å². The maximum atomic E-state index is 9.07. The minimum atomic E-state index is -1.61. The zero-order chi connectivity index (χ0) is 20.6. The molecule has 0 fully saturated rings. The Balaban J connectivity index is -0.000000104. The second kappa shape index (κ2) is 24.4. The molecule has 8 heteroatoms. The van der Waals surface area contributed by atoms with Gasteiger partial charge >= 0.3 is 28.8 Å². The molecular formula is C21H38Cl2O2Si3Ti-3. The first-order valence-corrected chi connectivity index (χ1v) is 19.1. The van der Waals surface area contributed by atoms with E-state index in [2.05, 4.69) is 62.5 Å². The molecule has 0 unspecified atom stereocenters. The average molecular weight is 526 g/mol. The molecule has 0 aliphatic heterocycles. The van der Waals surface area contributed by atoms with Crippen LogP contribution in [-0.2, 0) is 27.6 Å². The predicted molar refractivity (Wildman–Crippen MR) is 139 cm³/mol. The zero-order valence-electron chi connectivity index (χ0n) is 18.9. The van der Waals surface area contributed by atoms with Crippen LogP contribution < -0.4 is 0 Å². The van der Waals surface area contributed by atoms with Gasteiger partial charge in [0.1, 0.15) is 0 Å². The fourth-order valence-corrected chi connectivity index (χ4v) is 2.00. The monoisotopic (exact) mass is 524 g/mol. The summed E-state index contributed by atoms with van der Waals surface area (Å²) >= 11 is -0.722. The first-order chi connectivity index (χ1) is 12.3. The van der Waals surface area contributed by atoms with Gasteiger partial charge in [-0.25, -0.2) is 0 Å². The number of hydrogen-bond donors (Lipinski definition) is 1. The standard InChI is InChI=1S/C13H9.C3H10OSi.C2H7Si.C2H5.CH3.2ClH.O.H2Si.Ti/c1-3-7-12-10(5-1)9-11-6-2-4-8-13(11)12;1-5(2,3)4;1-3-2;1-2;;;;;;/h1-5,7-8H,9H2;4H,1-3H3;3H,1-2H3;1H2,2H3;1H3;2*1H;;1H2;/q-1;;;2*-1;;;;;. The number of benzene rings is 2. The molecule has 0 spiro atoms. The molecule has 167 valence electrons. The van der Waals surface area contributed by atoms with Crippen LogP contribution in [0.15, 0.2) is 42.5 Å². The fourth-order valence-electron chi connectivity index (χ4n) is 2.00. The van der Waals surface area contributed by atoms with Gasteiger partial charge in [-0.1, -0.05) is 48.5 Å². The summed E-state index contributed by atoms with van der Waals surface area (Å²) in [5, 5.41) is 0. The summed E-state index contributed by atoms with van der Waals surface area (Å²) in [7, 11) is 0.682. The van der Waals surface area contributed by atoms with Gasteiger partial charge in [0.2, 0.25) is 0 Å². The summed E-state index contributed by atoms with van der Waals surface area (Å²) in [6, 6.07) is 18.1. The van der Waals surface area contributed by atoms with E-state index >= 15 is 0 Å². The summed E-state index contributed by atoms with van der Waals surface area (Å²) in [6.45, 7) is 15.1. The van der Waals surface area contributed by atoms with Crippen molar-refractivity contribution >= 4 is 50.3 Å². The number of hydrogen-bond acceptors (Lipinski definition) is 2. The van der Waals surface area contributed by atoms with Gasteiger partial charge in [0.25, 0.3) is 0 Å². The number of rotatable bonds is 0. The van der Waals surface area contributed by atoms with Gasteiger partial charge in [-0.3, -0.25) is 0 Å². The normalized spacial score (nSPS) is 8.69. The Morgan fingerprint density at radius 2 is 1.45 bits per heavy atom. The molecule has 0 amide bonds. The second-order valence-corrected chi connectivity index (χ2v) is 13.4. The van der Waals surface area contributed by atoms with Gasteiger partial charge in [-0.2, -0.15) is 36.8 Å². The van der Waals surface area contributed by atoms with E-state index in [9.17, 15) is 0 Å². The molecule has 0 saturated carbocycles. The van der Waals surface area contributed by atoms with Crippen LogP contribution in [0, 0.1) is 20.4 Å². The SMILES string of the molecule is C[SiH]C.C[Si](C)(C)O.Cl.Cl.[CH2-]C.[CH3-].[O]=[Ti]=[SiH2].[c-]1cccc2c1Cc1ccccc1-2. The van der Waals surface area contributed by atoms with Crippen molar-refractivity contribution in [3.63, 3.8) is 0 Å². The summed E-state index contributed by atoms with van der Waals surface area (Å²) < 4.78 is 9.07. The van der Waals surface area contributed by atoms with Crippen molar-refractivity contribution in [1.29, 1.82) is 0 Å². The van der Waals surface area contributed by atoms with Crippen molar-refractivity contribution in [3.05, 3.63) is 74.0 Å². The van der Waals surface area contributed by atoms with E-state index in [-0.39, 0.29) is 32.2 Å². The molecule has 0 heterocycles. The summed E-state index contributed by atoms with van der Waals surface area (Å²) in [5.41, 5.74) is 5.51. The third kappa shape index (κ3) is 21.2. The smallest absolute Gasteiger partial charge is 0.0253 e. The van der Waals surface area contributed by atoms with Crippen molar-refractivity contribution in [2.75, 3.05) is 0 Å². The summed E-state index contributed by atoms with van der Waals surface area (Å²) in [4.78, 5) is 8.66. The van der Waals surface area contributed by atoms with Crippen LogP contribution in [0.2, 0.25) is 32.7 Å². The average Bonchev–Trinajstić information content (AvgIpc) is 2.95. The van der Waals surface area contributed by atoms with E-state index in [0.29, 0.717) is 0 Å². The fraction of sp³-hybridized carbons (Fsp3) is 0.333. The molecule has 29 heavy (non-hydrogen) atoms. The predicted octanol–water partition coefficient (Wildman–Crippen LogP) is 5.49. The number of halogens is 2. The van der Waals surface area contributed by atoms with Crippen LogP contribution >= 0.6 is 24.8 Å². The van der Waals surface area contributed by atoms with Crippen molar-refractivity contribution in [3.8, 4) is 11.1 Å². The Hall–Kier alpha value is 0.145. The van der Waals surface area contributed by atoms with Crippen LogP contribution in [0.3, 0.4) is 0 Å². The van der Waals surface area contributed by atoms with E-state index in [1.54, 1.807) is 14.6 Å². The van der Waals surface area contributed by atoms with Gasteiger partial charge in [-0.05, 0) is 26.1 Å². The third-order valence-corrected chi connectivity index (χ3v) is 2.62. The molecule has 0 aromatic heterocycles. The molecule has 0 atom stereocenters. The molecule has 1 radical (unpaired) electrons.